The highest BCUT2D eigenvalue weighted by Gasteiger charge is 2.49. The molecule has 0 saturated carbocycles. The molecular weight excluding hydrogens is 312 g/mol. The average Bonchev–Trinajstić information content (AvgIpc) is 2.69. The van der Waals surface area contributed by atoms with Crippen LogP contribution in [0.4, 0.5) is 0 Å². The van der Waals surface area contributed by atoms with Crippen molar-refractivity contribution in [1.82, 2.24) is 0 Å². The Balaban J connectivity index is 2.72. The van der Waals surface area contributed by atoms with E-state index >= 15 is 0 Å². The lowest BCUT2D eigenvalue weighted by Crippen LogP contribution is -2.49. The molecule has 2 unspecified atom stereocenters. The van der Waals surface area contributed by atoms with Crippen molar-refractivity contribution in [2.45, 2.75) is 84.0 Å². The predicted octanol–water partition coefficient (Wildman–Crippen LogP) is 7.92. The Hall–Kier alpha value is -1.56. The molecule has 0 N–H and O–H groups in total. The van der Waals surface area contributed by atoms with Gasteiger partial charge in [-0.3, -0.25) is 0 Å². The van der Waals surface area contributed by atoms with Gasteiger partial charge >= 0.3 is 0 Å². The highest BCUT2D eigenvalue weighted by Crippen LogP contribution is 2.54. The van der Waals surface area contributed by atoms with Crippen LogP contribution in [-0.2, 0) is 10.8 Å². The highest BCUT2D eigenvalue weighted by molar-refractivity contribution is 5.39. The molecular formula is C26H38. The first kappa shape index (κ1) is 20.7. The molecule has 0 fully saturated rings. The van der Waals surface area contributed by atoms with Crippen molar-refractivity contribution < 1.29 is 0 Å². The molecule has 0 aliphatic carbocycles. The van der Waals surface area contributed by atoms with Gasteiger partial charge < -0.3 is 0 Å². The molecule has 26 heavy (non-hydrogen) atoms. The molecule has 2 aromatic carbocycles. The minimum absolute atomic E-state index is 0.185. The lowest BCUT2D eigenvalue weighted by atomic mass is 9.51. The van der Waals surface area contributed by atoms with E-state index in [1.807, 2.05) is 0 Å². The van der Waals surface area contributed by atoms with Crippen molar-refractivity contribution in [2.75, 3.05) is 0 Å². The van der Waals surface area contributed by atoms with E-state index in [2.05, 4.69) is 95.3 Å². The van der Waals surface area contributed by atoms with Gasteiger partial charge in [0.25, 0.3) is 0 Å². The van der Waals surface area contributed by atoms with Crippen molar-refractivity contribution in [3.8, 4) is 0 Å². The summed E-state index contributed by atoms with van der Waals surface area (Å²) in [5.74, 6) is 0.733. The monoisotopic (exact) mass is 350 g/mol. The molecule has 0 spiro atoms. The number of hydrogen-bond donors (Lipinski definition) is 0. The van der Waals surface area contributed by atoms with Crippen molar-refractivity contribution in [3.05, 3.63) is 71.8 Å². The van der Waals surface area contributed by atoms with Gasteiger partial charge in [-0.15, -0.1) is 0 Å². The van der Waals surface area contributed by atoms with Crippen LogP contribution in [0.1, 0.15) is 84.3 Å². The summed E-state index contributed by atoms with van der Waals surface area (Å²) >= 11 is 0. The van der Waals surface area contributed by atoms with Gasteiger partial charge in [0.05, 0.1) is 0 Å². The minimum atomic E-state index is 0.185. The Labute approximate surface area is 162 Å². The molecule has 0 heterocycles. The molecule has 2 rings (SSSR count). The van der Waals surface area contributed by atoms with Gasteiger partial charge in [-0.05, 0) is 42.7 Å². The topological polar surface area (TPSA) is 0 Å². The van der Waals surface area contributed by atoms with E-state index in [1.54, 1.807) is 0 Å². The number of rotatable bonds is 10. The Morgan fingerprint density at radius 3 is 1.42 bits per heavy atom. The normalized spacial score (nSPS) is 16.2. The maximum atomic E-state index is 2.41. The molecule has 0 aromatic heterocycles. The first-order valence-corrected chi connectivity index (χ1v) is 10.7. The van der Waals surface area contributed by atoms with Crippen molar-refractivity contribution in [1.29, 1.82) is 0 Å². The Morgan fingerprint density at radius 2 is 1.08 bits per heavy atom. The number of hydrogen-bond acceptors (Lipinski definition) is 0. The quantitative estimate of drug-likeness (QED) is 0.408. The van der Waals surface area contributed by atoms with Crippen LogP contribution >= 0.6 is 0 Å². The first-order valence-electron chi connectivity index (χ1n) is 10.7. The predicted molar refractivity (Wildman–Crippen MR) is 116 cm³/mol. The summed E-state index contributed by atoms with van der Waals surface area (Å²) in [5, 5.41) is 0. The smallest absolute Gasteiger partial charge is 0.00472 e. The van der Waals surface area contributed by atoms with Crippen LogP contribution in [0, 0.1) is 5.92 Å². The molecule has 0 bridgehead atoms. The fourth-order valence-corrected chi connectivity index (χ4v) is 5.23. The molecule has 0 radical (unpaired) electrons. The zero-order valence-corrected chi connectivity index (χ0v) is 17.6. The zero-order valence-electron chi connectivity index (χ0n) is 17.6. The summed E-state index contributed by atoms with van der Waals surface area (Å²) in [6.45, 7) is 11.9. The van der Waals surface area contributed by atoms with Gasteiger partial charge in [0, 0.05) is 10.8 Å². The van der Waals surface area contributed by atoms with Gasteiger partial charge in [-0.1, -0.05) is 108 Å². The van der Waals surface area contributed by atoms with E-state index in [0.717, 1.165) is 5.92 Å². The molecule has 0 saturated heterocycles. The van der Waals surface area contributed by atoms with Gasteiger partial charge in [0.1, 0.15) is 0 Å². The van der Waals surface area contributed by atoms with E-state index in [1.165, 1.54) is 49.7 Å². The van der Waals surface area contributed by atoms with Crippen LogP contribution in [0.15, 0.2) is 60.7 Å². The summed E-state index contributed by atoms with van der Waals surface area (Å²) in [5.41, 5.74) is 3.43. The first-order chi connectivity index (χ1) is 12.6. The Kier molecular flexibility index (Phi) is 7.50. The fraction of sp³-hybridized carbons (Fsp3) is 0.538. The molecule has 2 atom stereocenters. The van der Waals surface area contributed by atoms with Crippen LogP contribution in [0.3, 0.4) is 0 Å². The highest BCUT2D eigenvalue weighted by atomic mass is 14.5. The second-order valence-electron chi connectivity index (χ2n) is 8.29. The van der Waals surface area contributed by atoms with Crippen LogP contribution in [0.5, 0.6) is 0 Å². The van der Waals surface area contributed by atoms with Gasteiger partial charge in [-0.2, -0.15) is 0 Å². The van der Waals surface area contributed by atoms with Crippen LogP contribution < -0.4 is 0 Å². The van der Waals surface area contributed by atoms with Gasteiger partial charge in [-0.25, -0.2) is 0 Å². The van der Waals surface area contributed by atoms with Crippen molar-refractivity contribution in [3.63, 3.8) is 0 Å². The molecule has 0 amide bonds. The molecule has 0 aliphatic rings. The van der Waals surface area contributed by atoms with Crippen LogP contribution in [0.2, 0.25) is 0 Å². The average molecular weight is 351 g/mol. The lowest BCUT2D eigenvalue weighted by Gasteiger charge is -2.52. The zero-order chi connectivity index (χ0) is 19.0. The summed E-state index contributed by atoms with van der Waals surface area (Å²) in [6, 6.07) is 22.7. The third-order valence-electron chi connectivity index (χ3n) is 6.60. The van der Waals surface area contributed by atoms with Gasteiger partial charge in [0.2, 0.25) is 0 Å². The molecule has 0 nitrogen and oxygen atoms in total. The summed E-state index contributed by atoms with van der Waals surface area (Å²) < 4.78 is 0. The summed E-state index contributed by atoms with van der Waals surface area (Å²) in [7, 11) is 0. The van der Waals surface area contributed by atoms with Crippen molar-refractivity contribution in [2.24, 2.45) is 5.92 Å². The van der Waals surface area contributed by atoms with Crippen LogP contribution in [-0.4, -0.2) is 0 Å². The molecule has 0 heteroatoms. The third kappa shape index (κ3) is 3.90. The second kappa shape index (κ2) is 9.40. The van der Waals surface area contributed by atoms with E-state index in [4.69, 9.17) is 0 Å². The Bertz CT molecular complexity index is 628. The fourth-order valence-electron chi connectivity index (χ4n) is 5.23. The maximum absolute atomic E-state index is 2.41. The van der Waals surface area contributed by atoms with Gasteiger partial charge in [0.15, 0.2) is 0 Å². The van der Waals surface area contributed by atoms with E-state index in [0.29, 0.717) is 0 Å². The molecule has 142 valence electrons. The minimum Gasteiger partial charge on any atom is -0.0654 e. The molecule has 2 aromatic rings. The number of benzene rings is 2. The SMILES string of the molecule is CCCC(CC)(c1ccccc1)C(CC)(CCC(C)C)c1ccccc1. The largest absolute Gasteiger partial charge is 0.0654 e. The Morgan fingerprint density at radius 1 is 0.654 bits per heavy atom. The third-order valence-corrected chi connectivity index (χ3v) is 6.60. The van der Waals surface area contributed by atoms with E-state index in [-0.39, 0.29) is 10.8 Å². The summed E-state index contributed by atoms with van der Waals surface area (Å²) in [4.78, 5) is 0. The van der Waals surface area contributed by atoms with Crippen molar-refractivity contribution >= 4 is 0 Å². The standard InChI is InChI=1S/C26H38/c1-6-20-25(7-2,23-15-11-9-12-16-23)26(8-3,21-19-22(4)5)24-17-13-10-14-18-24/h9-18,22H,6-8,19-21H2,1-5H3. The lowest BCUT2D eigenvalue weighted by molar-refractivity contribution is 0.154. The molecule has 0 aliphatic heterocycles. The summed E-state index contributed by atoms with van der Waals surface area (Å²) in [6.07, 6.45) is 7.38. The maximum Gasteiger partial charge on any atom is 0.00472 e. The second-order valence-corrected chi connectivity index (χ2v) is 8.29. The van der Waals surface area contributed by atoms with Crippen LogP contribution in [0.25, 0.3) is 0 Å². The van der Waals surface area contributed by atoms with E-state index < -0.39 is 0 Å². The van der Waals surface area contributed by atoms with E-state index in [9.17, 15) is 0 Å².